The molecule has 0 radical (unpaired) electrons. The number of fused-ring (bicyclic) bond motifs is 1. The highest BCUT2D eigenvalue weighted by Crippen LogP contribution is 2.36. The van der Waals surface area contributed by atoms with E-state index in [-0.39, 0.29) is 17.0 Å². The molecule has 1 aliphatic heterocycles. The number of nitrogens with zero attached hydrogens (tertiary/aromatic N) is 4. The summed E-state index contributed by atoms with van der Waals surface area (Å²) in [6.45, 7) is 1.20. The molecule has 3 aromatic rings. The van der Waals surface area contributed by atoms with Gasteiger partial charge in [0, 0.05) is 37.1 Å². The summed E-state index contributed by atoms with van der Waals surface area (Å²) in [7, 11) is -1.51. The predicted molar refractivity (Wildman–Crippen MR) is 146 cm³/mol. The second-order valence-corrected chi connectivity index (χ2v) is 13.9. The molecule has 1 saturated carbocycles. The maximum Gasteiger partial charge on any atom is 0.393 e. The summed E-state index contributed by atoms with van der Waals surface area (Å²) in [6.07, 6.45) is -0.155. The lowest BCUT2D eigenvalue weighted by Crippen LogP contribution is -2.34. The second kappa shape index (κ2) is 11.3. The molecule has 1 saturated heterocycles. The van der Waals surface area contributed by atoms with E-state index in [9.17, 15) is 21.6 Å². The molecule has 1 N–H and O–H groups in total. The van der Waals surface area contributed by atoms with Gasteiger partial charge < -0.3 is 10.2 Å². The van der Waals surface area contributed by atoms with Gasteiger partial charge in [0.2, 0.25) is 10.0 Å². The van der Waals surface area contributed by atoms with Crippen LogP contribution in [0.15, 0.2) is 41.6 Å². The van der Waals surface area contributed by atoms with Crippen LogP contribution in [0.2, 0.25) is 0 Å². The zero-order valence-corrected chi connectivity index (χ0v) is 23.4. The summed E-state index contributed by atoms with van der Waals surface area (Å²) in [5, 5.41) is 4.24. The van der Waals surface area contributed by atoms with E-state index in [4.69, 9.17) is 0 Å². The quantitative estimate of drug-likeness (QED) is 0.398. The summed E-state index contributed by atoms with van der Waals surface area (Å²) >= 11 is 2.70. The molecule has 7 nitrogen and oxygen atoms in total. The number of aromatic nitrogens is 2. The Balaban J connectivity index is 1.18. The van der Waals surface area contributed by atoms with Gasteiger partial charge in [-0.25, -0.2) is 18.4 Å². The second-order valence-electron chi connectivity index (χ2n) is 9.79. The van der Waals surface area contributed by atoms with Crippen molar-refractivity contribution in [1.82, 2.24) is 19.6 Å². The van der Waals surface area contributed by atoms with Crippen LogP contribution in [0.1, 0.15) is 36.1 Å². The van der Waals surface area contributed by atoms with Gasteiger partial charge in [-0.3, -0.25) is 0 Å². The molecule has 3 heterocycles. The Morgan fingerprint density at radius 2 is 1.97 bits per heavy atom. The van der Waals surface area contributed by atoms with Gasteiger partial charge in [0.1, 0.15) is 17.0 Å². The summed E-state index contributed by atoms with van der Waals surface area (Å²) in [5.41, 5.74) is 1.02. The van der Waals surface area contributed by atoms with Gasteiger partial charge in [0.25, 0.3) is 0 Å². The number of anilines is 1. The minimum Gasteiger partial charge on any atom is -0.356 e. The topological polar surface area (TPSA) is 78.4 Å². The smallest absolute Gasteiger partial charge is 0.356 e. The van der Waals surface area contributed by atoms with E-state index in [1.807, 2.05) is 19.2 Å². The largest absolute Gasteiger partial charge is 0.393 e. The van der Waals surface area contributed by atoms with Crippen LogP contribution < -0.4 is 10.2 Å². The van der Waals surface area contributed by atoms with Crippen molar-refractivity contribution in [3.05, 3.63) is 47.1 Å². The van der Waals surface area contributed by atoms with Crippen molar-refractivity contribution in [1.29, 1.82) is 0 Å². The number of hydrogen-bond acceptors (Lipinski definition) is 8. The highest BCUT2D eigenvalue weighted by Gasteiger charge is 2.31. The van der Waals surface area contributed by atoms with E-state index in [0.29, 0.717) is 39.9 Å². The van der Waals surface area contributed by atoms with Gasteiger partial charge in [-0.05, 0) is 55.2 Å². The van der Waals surface area contributed by atoms with Crippen LogP contribution in [-0.4, -0.2) is 66.2 Å². The summed E-state index contributed by atoms with van der Waals surface area (Å²) in [5.74, 6) is 2.16. The highest BCUT2D eigenvalue weighted by atomic mass is 32.2. The first-order valence-corrected chi connectivity index (χ1v) is 15.9. The van der Waals surface area contributed by atoms with Gasteiger partial charge in [0.05, 0.1) is 22.6 Å². The molecule has 2 aromatic heterocycles. The molecule has 2 aliphatic rings. The van der Waals surface area contributed by atoms with E-state index < -0.39 is 22.6 Å². The van der Waals surface area contributed by atoms with Crippen molar-refractivity contribution in [3.8, 4) is 0 Å². The third-order valence-corrected chi connectivity index (χ3v) is 11.2. The summed E-state index contributed by atoms with van der Waals surface area (Å²) < 4.78 is 65.9. The number of thiophene rings is 1. The summed E-state index contributed by atoms with van der Waals surface area (Å²) in [4.78, 5) is 11.8. The Hall–Kier alpha value is -1.93. The van der Waals surface area contributed by atoms with Crippen LogP contribution in [-0.2, 0) is 23.0 Å². The monoisotopic (exact) mass is 585 g/mol. The van der Waals surface area contributed by atoms with E-state index in [2.05, 4.69) is 20.2 Å². The third kappa shape index (κ3) is 6.27. The first-order chi connectivity index (χ1) is 18.1. The third-order valence-electron chi connectivity index (χ3n) is 7.11. The van der Waals surface area contributed by atoms with Crippen molar-refractivity contribution in [2.24, 2.45) is 0 Å². The van der Waals surface area contributed by atoms with E-state index in [1.165, 1.54) is 6.33 Å². The standard InChI is InChI=1S/C25H30F3N5O2S3/c1-32(23-22-12-20(13-25(26,27)28)37-24(22)31-15-30-23)19-6-5-18(11-19)29-14-17-3-7-21(8-4-17)38(34,35)33-9-2-10-36-16-33/h3-4,7-8,12,15,18-19,29H,2,5-6,9-11,13-14,16H2,1H3/t18-,19+/m0/s1. The lowest BCUT2D eigenvalue weighted by Gasteiger charge is -2.26. The van der Waals surface area contributed by atoms with Crippen LogP contribution in [0.25, 0.3) is 10.2 Å². The number of hydrogen-bond donors (Lipinski definition) is 1. The molecule has 1 aliphatic carbocycles. The zero-order valence-electron chi connectivity index (χ0n) is 20.9. The maximum absolute atomic E-state index is 12.9. The molecule has 5 rings (SSSR count). The number of halogens is 3. The molecule has 1 aromatic carbocycles. The minimum atomic E-state index is -4.26. The molecule has 0 bridgehead atoms. The molecule has 0 amide bonds. The van der Waals surface area contributed by atoms with Crippen molar-refractivity contribution in [2.45, 2.75) is 61.8 Å². The molecule has 38 heavy (non-hydrogen) atoms. The number of nitrogens with one attached hydrogen (secondary N) is 1. The molecule has 13 heteroatoms. The van der Waals surface area contributed by atoms with Crippen LogP contribution in [0, 0.1) is 0 Å². The molecule has 206 valence electrons. The predicted octanol–water partition coefficient (Wildman–Crippen LogP) is 5.03. The average Bonchev–Trinajstić information content (AvgIpc) is 3.53. The zero-order chi connectivity index (χ0) is 26.9. The van der Waals surface area contributed by atoms with Crippen molar-refractivity contribution in [2.75, 3.05) is 30.1 Å². The number of benzene rings is 1. The van der Waals surface area contributed by atoms with Gasteiger partial charge in [-0.2, -0.15) is 17.5 Å². The van der Waals surface area contributed by atoms with E-state index in [0.717, 1.165) is 48.3 Å². The first-order valence-electron chi connectivity index (χ1n) is 12.5. The van der Waals surface area contributed by atoms with Gasteiger partial charge in [-0.15, -0.1) is 23.1 Å². The van der Waals surface area contributed by atoms with E-state index >= 15 is 0 Å². The fourth-order valence-electron chi connectivity index (χ4n) is 5.08. The van der Waals surface area contributed by atoms with Crippen molar-refractivity contribution in [3.63, 3.8) is 0 Å². The van der Waals surface area contributed by atoms with Crippen molar-refractivity contribution >= 4 is 49.2 Å². The Kier molecular flexibility index (Phi) is 8.20. The van der Waals surface area contributed by atoms with Gasteiger partial charge >= 0.3 is 6.18 Å². The molecule has 2 fully saturated rings. The molecular formula is C25H30F3N5O2S3. The molecule has 0 unspecified atom stereocenters. The van der Waals surface area contributed by atoms with E-state index in [1.54, 1.807) is 34.3 Å². The Morgan fingerprint density at radius 1 is 1.18 bits per heavy atom. The highest BCUT2D eigenvalue weighted by molar-refractivity contribution is 8.00. The van der Waals surface area contributed by atoms with Crippen LogP contribution in [0.5, 0.6) is 0 Å². The van der Waals surface area contributed by atoms with Crippen LogP contribution in [0.3, 0.4) is 0 Å². The molecule has 2 atom stereocenters. The Bertz CT molecular complexity index is 1360. The lowest BCUT2D eigenvalue weighted by molar-refractivity contribution is -0.126. The lowest BCUT2D eigenvalue weighted by atomic mass is 10.1. The SMILES string of the molecule is CN(c1ncnc2sc(CC(F)(F)F)cc12)[C@@H]1CC[C@H](NCc2ccc(S(=O)(=O)N3CCCSC3)cc2)C1. The maximum atomic E-state index is 12.9. The molecular weight excluding hydrogens is 556 g/mol. The van der Waals surface area contributed by atoms with Crippen LogP contribution >= 0.6 is 23.1 Å². The number of thioether (sulfide) groups is 1. The first kappa shape index (κ1) is 27.6. The Labute approximate surface area is 228 Å². The minimum absolute atomic E-state index is 0.200. The number of rotatable bonds is 8. The number of sulfonamides is 1. The molecule has 0 spiro atoms. The van der Waals surface area contributed by atoms with Gasteiger partial charge in [0.15, 0.2) is 0 Å². The fraction of sp³-hybridized carbons (Fsp3) is 0.520. The van der Waals surface area contributed by atoms with Crippen LogP contribution in [0.4, 0.5) is 19.0 Å². The Morgan fingerprint density at radius 3 is 2.68 bits per heavy atom. The fourth-order valence-corrected chi connectivity index (χ4v) is 8.82. The van der Waals surface area contributed by atoms with Gasteiger partial charge in [-0.1, -0.05) is 12.1 Å². The van der Waals surface area contributed by atoms with Crippen molar-refractivity contribution < 1.29 is 21.6 Å². The summed E-state index contributed by atoms with van der Waals surface area (Å²) in [6, 6.07) is 9.14. The normalized spacial score (nSPS) is 21.3. The average molecular weight is 586 g/mol. The number of alkyl halides is 3.